The summed E-state index contributed by atoms with van der Waals surface area (Å²) in [5, 5.41) is 25.3. The number of likely N-dealkylation sites (N-methyl/N-ethyl adjacent to an activating group) is 1. The Hall–Kier alpha value is -3.12. The molecule has 1 aromatic carbocycles. The van der Waals surface area contributed by atoms with Crippen LogP contribution >= 0.6 is 0 Å². The van der Waals surface area contributed by atoms with Gasteiger partial charge in [-0.25, -0.2) is 0 Å². The first-order valence-electron chi connectivity index (χ1n) is 6.98. The Morgan fingerprint density at radius 2 is 2.00 bits per heavy atom. The van der Waals surface area contributed by atoms with Crippen molar-refractivity contribution in [2.45, 2.75) is 13.5 Å². The molecule has 0 unspecified atom stereocenters. The summed E-state index contributed by atoms with van der Waals surface area (Å²) >= 11 is 0. The van der Waals surface area contributed by atoms with E-state index in [0.717, 1.165) is 30.9 Å². The van der Waals surface area contributed by atoms with Gasteiger partial charge in [-0.05, 0) is 30.7 Å². The second kappa shape index (κ2) is 7.61. The smallest absolute Gasteiger partial charge is 0.130 e. The lowest BCUT2D eigenvalue weighted by Gasteiger charge is -2.23. The molecule has 0 aliphatic carbocycles. The van der Waals surface area contributed by atoms with Crippen LogP contribution in [0.3, 0.4) is 0 Å². The molecule has 0 N–H and O–H groups in total. The molecule has 2 rings (SSSR count). The van der Waals surface area contributed by atoms with Gasteiger partial charge in [-0.15, -0.1) is 5.10 Å². The molecular formula is C16H16N6. The van der Waals surface area contributed by atoms with Gasteiger partial charge in [0.15, 0.2) is 0 Å². The minimum atomic E-state index is 0.103. The average Bonchev–Trinajstić information content (AvgIpc) is 3.08. The van der Waals surface area contributed by atoms with E-state index in [9.17, 15) is 0 Å². The number of rotatable bonds is 6. The van der Waals surface area contributed by atoms with Crippen molar-refractivity contribution < 1.29 is 0 Å². The highest BCUT2D eigenvalue weighted by Gasteiger charge is 2.05. The lowest BCUT2D eigenvalue weighted by atomic mass is 10.1. The SMILES string of the molecule is CCN(CCn1ccnn1)c1ccc(C=C(C#N)C#N)cc1. The lowest BCUT2D eigenvalue weighted by Crippen LogP contribution is -2.27. The van der Waals surface area contributed by atoms with Crippen LogP contribution in [0.5, 0.6) is 0 Å². The van der Waals surface area contributed by atoms with E-state index >= 15 is 0 Å². The van der Waals surface area contributed by atoms with Gasteiger partial charge in [-0.3, -0.25) is 4.68 Å². The molecule has 6 heteroatoms. The zero-order valence-electron chi connectivity index (χ0n) is 12.3. The molecule has 0 bridgehead atoms. The third-order valence-corrected chi connectivity index (χ3v) is 3.26. The molecule has 1 heterocycles. The Bertz CT molecular complexity index is 685. The number of hydrogen-bond donors (Lipinski definition) is 0. The standard InChI is InChI=1S/C16H16N6/c1-2-21(9-10-22-8-7-19-20-22)16-5-3-14(4-6-16)11-15(12-17)13-18/h3-8,11H,2,9-10H2,1H3. The maximum Gasteiger partial charge on any atom is 0.130 e. The van der Waals surface area contributed by atoms with E-state index in [0.29, 0.717) is 0 Å². The van der Waals surface area contributed by atoms with Gasteiger partial charge in [0.25, 0.3) is 0 Å². The van der Waals surface area contributed by atoms with Gasteiger partial charge in [0, 0.05) is 25.0 Å². The first kappa shape index (κ1) is 15.3. The van der Waals surface area contributed by atoms with Gasteiger partial charge in [-0.2, -0.15) is 10.5 Å². The molecule has 1 aromatic heterocycles. The minimum Gasteiger partial charge on any atom is -0.370 e. The molecule has 22 heavy (non-hydrogen) atoms. The normalized spacial score (nSPS) is 9.59. The predicted octanol–water partition coefficient (Wildman–Crippen LogP) is 2.24. The van der Waals surface area contributed by atoms with Crippen molar-refractivity contribution in [2.24, 2.45) is 0 Å². The summed E-state index contributed by atoms with van der Waals surface area (Å²) in [6.45, 7) is 4.57. The highest BCUT2D eigenvalue weighted by atomic mass is 15.4. The summed E-state index contributed by atoms with van der Waals surface area (Å²) in [5.74, 6) is 0. The number of benzene rings is 1. The molecule has 0 atom stereocenters. The number of nitrogens with zero attached hydrogens (tertiary/aromatic N) is 6. The predicted molar refractivity (Wildman–Crippen MR) is 83.6 cm³/mol. The fourth-order valence-corrected chi connectivity index (χ4v) is 2.08. The number of anilines is 1. The van der Waals surface area contributed by atoms with E-state index < -0.39 is 0 Å². The molecule has 0 aliphatic rings. The molecule has 6 nitrogen and oxygen atoms in total. The zero-order valence-corrected chi connectivity index (χ0v) is 12.3. The van der Waals surface area contributed by atoms with Crippen LogP contribution in [0.2, 0.25) is 0 Å². The summed E-state index contributed by atoms with van der Waals surface area (Å²) in [6.07, 6.45) is 5.09. The summed E-state index contributed by atoms with van der Waals surface area (Å²) in [6, 6.07) is 11.5. The van der Waals surface area contributed by atoms with Crippen molar-refractivity contribution in [1.29, 1.82) is 10.5 Å². The van der Waals surface area contributed by atoms with Crippen LogP contribution < -0.4 is 4.90 Å². The molecule has 0 saturated heterocycles. The van der Waals surface area contributed by atoms with Crippen molar-refractivity contribution in [2.75, 3.05) is 18.0 Å². The van der Waals surface area contributed by atoms with Crippen molar-refractivity contribution in [3.8, 4) is 12.1 Å². The maximum atomic E-state index is 8.77. The minimum absolute atomic E-state index is 0.103. The molecule has 2 aromatic rings. The van der Waals surface area contributed by atoms with Crippen LogP contribution in [0, 0.1) is 22.7 Å². The molecule has 0 spiro atoms. The van der Waals surface area contributed by atoms with Gasteiger partial charge >= 0.3 is 0 Å². The quantitative estimate of drug-likeness (QED) is 0.763. The molecule has 0 amide bonds. The highest BCUT2D eigenvalue weighted by molar-refractivity contribution is 5.63. The number of nitriles is 2. The Labute approximate surface area is 129 Å². The van der Waals surface area contributed by atoms with Crippen molar-refractivity contribution in [3.63, 3.8) is 0 Å². The van der Waals surface area contributed by atoms with Crippen LogP contribution in [0.4, 0.5) is 5.69 Å². The fraction of sp³-hybridized carbons (Fsp3) is 0.250. The Morgan fingerprint density at radius 3 is 2.55 bits per heavy atom. The Kier molecular flexibility index (Phi) is 5.28. The third kappa shape index (κ3) is 3.94. The first-order chi connectivity index (χ1) is 10.8. The van der Waals surface area contributed by atoms with E-state index in [2.05, 4.69) is 22.1 Å². The van der Waals surface area contributed by atoms with Crippen LogP contribution in [-0.2, 0) is 6.54 Å². The molecule has 0 aliphatic heterocycles. The van der Waals surface area contributed by atoms with E-state index in [1.54, 1.807) is 17.0 Å². The summed E-state index contributed by atoms with van der Waals surface area (Å²) in [7, 11) is 0. The first-order valence-corrected chi connectivity index (χ1v) is 6.98. The number of hydrogen-bond acceptors (Lipinski definition) is 5. The monoisotopic (exact) mass is 292 g/mol. The second-order valence-electron chi connectivity index (χ2n) is 4.62. The molecule has 0 saturated carbocycles. The fourth-order valence-electron chi connectivity index (χ4n) is 2.08. The van der Waals surface area contributed by atoms with E-state index in [4.69, 9.17) is 10.5 Å². The van der Waals surface area contributed by atoms with Gasteiger partial charge in [0.2, 0.25) is 0 Å². The zero-order chi connectivity index (χ0) is 15.8. The summed E-state index contributed by atoms with van der Waals surface area (Å²) in [5.41, 5.74) is 2.04. The van der Waals surface area contributed by atoms with Crippen molar-refractivity contribution >= 4 is 11.8 Å². The summed E-state index contributed by atoms with van der Waals surface area (Å²) < 4.78 is 1.80. The van der Waals surface area contributed by atoms with E-state index in [1.165, 1.54) is 0 Å². The van der Waals surface area contributed by atoms with E-state index in [-0.39, 0.29) is 5.57 Å². The third-order valence-electron chi connectivity index (χ3n) is 3.26. The van der Waals surface area contributed by atoms with Crippen LogP contribution in [0.1, 0.15) is 12.5 Å². The van der Waals surface area contributed by atoms with Gasteiger partial charge in [-0.1, -0.05) is 17.3 Å². The average molecular weight is 292 g/mol. The van der Waals surface area contributed by atoms with Crippen LogP contribution in [0.15, 0.2) is 42.2 Å². The Balaban J connectivity index is 2.06. The topological polar surface area (TPSA) is 81.5 Å². The van der Waals surface area contributed by atoms with Crippen molar-refractivity contribution in [3.05, 3.63) is 47.8 Å². The van der Waals surface area contributed by atoms with Gasteiger partial charge in [0.05, 0.1) is 12.7 Å². The molecule has 110 valence electrons. The highest BCUT2D eigenvalue weighted by Crippen LogP contribution is 2.16. The molecule has 0 radical (unpaired) electrons. The maximum absolute atomic E-state index is 8.77. The lowest BCUT2D eigenvalue weighted by molar-refractivity contribution is 0.579. The number of allylic oxidation sites excluding steroid dienone is 1. The largest absolute Gasteiger partial charge is 0.370 e. The number of aromatic nitrogens is 3. The van der Waals surface area contributed by atoms with E-state index in [1.807, 2.05) is 42.6 Å². The molecular weight excluding hydrogens is 276 g/mol. The molecule has 0 fully saturated rings. The van der Waals surface area contributed by atoms with Crippen LogP contribution in [0.25, 0.3) is 6.08 Å². The second-order valence-corrected chi connectivity index (χ2v) is 4.62. The van der Waals surface area contributed by atoms with Gasteiger partial charge in [0.1, 0.15) is 17.7 Å². The summed E-state index contributed by atoms with van der Waals surface area (Å²) in [4.78, 5) is 2.23. The van der Waals surface area contributed by atoms with Gasteiger partial charge < -0.3 is 4.90 Å². The van der Waals surface area contributed by atoms with Crippen molar-refractivity contribution in [1.82, 2.24) is 15.0 Å². The Morgan fingerprint density at radius 1 is 1.27 bits per heavy atom. The van der Waals surface area contributed by atoms with Crippen LogP contribution in [-0.4, -0.2) is 28.1 Å².